The number of pyridine rings is 1. The molecule has 3 N–H and O–H groups in total. The first-order valence-electron chi connectivity index (χ1n) is 8.12. The van der Waals surface area contributed by atoms with Crippen LogP contribution in [0.25, 0.3) is 11.3 Å². The molecule has 2 heterocycles. The molecule has 0 aliphatic carbocycles. The van der Waals surface area contributed by atoms with E-state index in [0.29, 0.717) is 41.9 Å². The van der Waals surface area contributed by atoms with E-state index in [2.05, 4.69) is 4.98 Å². The van der Waals surface area contributed by atoms with Crippen LogP contribution >= 0.6 is 0 Å². The molecule has 0 aromatic carbocycles. The largest absolute Gasteiger partial charge is 0.469 e. The van der Waals surface area contributed by atoms with Crippen molar-refractivity contribution in [2.75, 3.05) is 13.7 Å². The minimum atomic E-state index is -0.541. The molecule has 0 saturated carbocycles. The molecule has 0 radical (unpaired) electrons. The van der Waals surface area contributed by atoms with Crippen LogP contribution in [0.1, 0.15) is 34.6 Å². The minimum absolute atomic E-state index is 0.0267. The number of aromatic nitrogens is 2. The molecule has 0 atom stereocenters. The summed E-state index contributed by atoms with van der Waals surface area (Å²) in [7, 11) is 1.34. The van der Waals surface area contributed by atoms with Gasteiger partial charge in [-0.3, -0.25) is 14.6 Å². The molecule has 0 fully saturated rings. The summed E-state index contributed by atoms with van der Waals surface area (Å²) in [6.45, 7) is 2.36. The van der Waals surface area contributed by atoms with Crippen molar-refractivity contribution in [3.8, 4) is 11.3 Å². The van der Waals surface area contributed by atoms with E-state index >= 15 is 0 Å². The van der Waals surface area contributed by atoms with Crippen molar-refractivity contribution >= 4 is 11.9 Å². The molecule has 25 heavy (non-hydrogen) atoms. The second kappa shape index (κ2) is 8.43. The maximum absolute atomic E-state index is 12.1. The van der Waals surface area contributed by atoms with Crippen LogP contribution in [0.5, 0.6) is 0 Å². The maximum atomic E-state index is 12.1. The molecule has 134 valence electrons. The molecule has 7 heteroatoms. The lowest BCUT2D eigenvalue weighted by Crippen LogP contribution is -2.13. The summed E-state index contributed by atoms with van der Waals surface area (Å²) in [5, 5.41) is 9.18. The van der Waals surface area contributed by atoms with Crippen molar-refractivity contribution in [3.05, 3.63) is 41.3 Å². The third-order valence-electron chi connectivity index (χ3n) is 4.13. The van der Waals surface area contributed by atoms with Crippen molar-refractivity contribution in [1.82, 2.24) is 9.55 Å². The van der Waals surface area contributed by atoms with Gasteiger partial charge in [0.15, 0.2) is 0 Å². The molecule has 7 nitrogen and oxygen atoms in total. The Labute approximate surface area is 146 Å². The van der Waals surface area contributed by atoms with Crippen LogP contribution in [0.4, 0.5) is 0 Å². The third kappa shape index (κ3) is 4.06. The van der Waals surface area contributed by atoms with E-state index in [-0.39, 0.29) is 19.0 Å². The quantitative estimate of drug-likeness (QED) is 0.704. The zero-order chi connectivity index (χ0) is 18.4. The number of nitrogens with two attached hydrogens (primary N) is 1. The van der Waals surface area contributed by atoms with E-state index in [1.165, 1.54) is 7.11 Å². The lowest BCUT2D eigenvalue weighted by molar-refractivity contribution is -0.140. The summed E-state index contributed by atoms with van der Waals surface area (Å²) in [5.41, 5.74) is 8.80. The molecule has 2 aromatic heterocycles. The number of hydrogen-bond acceptors (Lipinski definition) is 5. The van der Waals surface area contributed by atoms with Crippen molar-refractivity contribution in [2.24, 2.45) is 5.73 Å². The monoisotopic (exact) mass is 345 g/mol. The number of primary amides is 1. The van der Waals surface area contributed by atoms with Crippen LogP contribution in [-0.2, 0) is 22.5 Å². The first kappa shape index (κ1) is 18.7. The number of esters is 1. The van der Waals surface area contributed by atoms with Gasteiger partial charge in [0.25, 0.3) is 5.91 Å². The number of methoxy groups -OCH3 is 1. The Morgan fingerprint density at radius 3 is 2.68 bits per heavy atom. The Morgan fingerprint density at radius 1 is 1.36 bits per heavy atom. The fourth-order valence-electron chi connectivity index (χ4n) is 3.00. The van der Waals surface area contributed by atoms with Crippen LogP contribution in [0.15, 0.2) is 24.4 Å². The summed E-state index contributed by atoms with van der Waals surface area (Å²) < 4.78 is 6.66. The Bertz CT molecular complexity index is 753. The van der Waals surface area contributed by atoms with Gasteiger partial charge in [-0.25, -0.2) is 0 Å². The summed E-state index contributed by atoms with van der Waals surface area (Å²) in [4.78, 5) is 28.0. The number of ether oxygens (including phenoxy) is 1. The molecule has 0 aliphatic heterocycles. The van der Waals surface area contributed by atoms with Crippen LogP contribution < -0.4 is 5.73 Å². The highest BCUT2D eigenvalue weighted by Crippen LogP contribution is 2.32. The lowest BCUT2D eigenvalue weighted by Gasteiger charge is -2.12. The predicted octanol–water partition coefficient (Wildman–Crippen LogP) is 1.45. The number of aliphatic hydroxyl groups excluding tert-OH is 1. The van der Waals surface area contributed by atoms with E-state index in [9.17, 15) is 14.7 Å². The van der Waals surface area contributed by atoms with Crippen LogP contribution in [0.3, 0.4) is 0 Å². The molecular weight excluding hydrogens is 322 g/mol. The minimum Gasteiger partial charge on any atom is -0.469 e. The number of aliphatic hydroxyl groups is 1. The van der Waals surface area contributed by atoms with Crippen molar-refractivity contribution in [1.29, 1.82) is 0 Å². The van der Waals surface area contributed by atoms with E-state index in [0.717, 1.165) is 5.69 Å². The highest BCUT2D eigenvalue weighted by Gasteiger charge is 2.25. The van der Waals surface area contributed by atoms with E-state index in [1.54, 1.807) is 18.3 Å². The molecule has 0 spiro atoms. The van der Waals surface area contributed by atoms with E-state index in [1.807, 2.05) is 17.6 Å². The normalized spacial score (nSPS) is 10.7. The Hall–Kier alpha value is -2.67. The second-order valence-corrected chi connectivity index (χ2v) is 5.67. The average Bonchev–Trinajstić information content (AvgIpc) is 2.90. The number of nitrogens with zero attached hydrogens (tertiary/aromatic N) is 2. The Kier molecular flexibility index (Phi) is 6.30. The van der Waals surface area contributed by atoms with Gasteiger partial charge in [0.2, 0.25) is 0 Å². The fraction of sp³-hybridized carbons (Fsp3) is 0.389. The molecule has 0 unspecified atom stereocenters. The van der Waals surface area contributed by atoms with Gasteiger partial charge in [-0.15, -0.1) is 0 Å². The number of carbonyl (C=O) groups excluding carboxylic acids is 2. The van der Waals surface area contributed by atoms with Gasteiger partial charge in [-0.2, -0.15) is 0 Å². The number of rotatable bonds is 8. The van der Waals surface area contributed by atoms with E-state index < -0.39 is 5.91 Å². The Morgan fingerprint density at radius 2 is 2.12 bits per heavy atom. The lowest BCUT2D eigenvalue weighted by atomic mass is 10.0. The van der Waals surface area contributed by atoms with Crippen molar-refractivity contribution in [2.45, 2.75) is 32.7 Å². The summed E-state index contributed by atoms with van der Waals surface area (Å²) in [6.07, 6.45) is 2.74. The second-order valence-electron chi connectivity index (χ2n) is 5.67. The van der Waals surface area contributed by atoms with Gasteiger partial charge in [-0.1, -0.05) is 6.07 Å². The van der Waals surface area contributed by atoms with Gasteiger partial charge in [0.05, 0.1) is 24.8 Å². The maximum Gasteiger partial charge on any atom is 0.305 e. The SMILES string of the molecule is COC(=O)CCc1c(-c2ccccn2)c(C(N)=O)c(C)n1CCCO. The number of carbonyl (C=O) groups is 2. The van der Waals surface area contributed by atoms with Crippen LogP contribution in [-0.4, -0.2) is 40.3 Å². The van der Waals surface area contributed by atoms with Crippen LogP contribution in [0.2, 0.25) is 0 Å². The number of hydrogen-bond donors (Lipinski definition) is 2. The van der Waals surface area contributed by atoms with Gasteiger partial charge in [0, 0.05) is 36.3 Å². The van der Waals surface area contributed by atoms with Crippen LogP contribution in [0, 0.1) is 6.92 Å². The Balaban J connectivity index is 2.63. The third-order valence-corrected chi connectivity index (χ3v) is 4.13. The van der Waals surface area contributed by atoms with Gasteiger partial charge >= 0.3 is 5.97 Å². The molecular formula is C18H23N3O4. The topological polar surface area (TPSA) is 107 Å². The first-order chi connectivity index (χ1) is 12.0. The van der Waals surface area contributed by atoms with Gasteiger partial charge in [0.1, 0.15) is 0 Å². The molecule has 1 amide bonds. The highest BCUT2D eigenvalue weighted by atomic mass is 16.5. The molecule has 0 bridgehead atoms. The molecule has 0 saturated heterocycles. The molecule has 0 aliphatic rings. The summed E-state index contributed by atoms with van der Waals surface area (Å²) in [6, 6.07) is 5.42. The summed E-state index contributed by atoms with van der Waals surface area (Å²) >= 11 is 0. The smallest absolute Gasteiger partial charge is 0.305 e. The average molecular weight is 345 g/mol. The van der Waals surface area contributed by atoms with Gasteiger partial charge in [-0.05, 0) is 31.9 Å². The predicted molar refractivity (Wildman–Crippen MR) is 93.0 cm³/mol. The van der Waals surface area contributed by atoms with Gasteiger partial charge < -0.3 is 20.1 Å². The zero-order valence-electron chi connectivity index (χ0n) is 14.5. The molecule has 2 rings (SSSR count). The number of amides is 1. The highest BCUT2D eigenvalue weighted by molar-refractivity contribution is 6.01. The first-order valence-corrected chi connectivity index (χ1v) is 8.12. The van der Waals surface area contributed by atoms with Crippen molar-refractivity contribution < 1.29 is 19.4 Å². The fourth-order valence-corrected chi connectivity index (χ4v) is 3.00. The summed E-state index contributed by atoms with van der Waals surface area (Å²) in [5.74, 6) is -0.875. The van der Waals surface area contributed by atoms with Crippen molar-refractivity contribution in [3.63, 3.8) is 0 Å². The zero-order valence-corrected chi connectivity index (χ0v) is 14.5. The van der Waals surface area contributed by atoms with E-state index in [4.69, 9.17) is 10.5 Å². The molecule has 2 aromatic rings. The standard InChI is InChI=1S/C18H23N3O4/c1-12-16(18(19)24)17(13-6-3-4-9-20-13)14(7-8-15(23)25-2)21(12)10-5-11-22/h3-4,6,9,22H,5,7-8,10-11H2,1-2H3,(H2,19,24).